The zero-order valence-electron chi connectivity index (χ0n) is 8.36. The normalized spacial score (nSPS) is 20.7. The van der Waals surface area contributed by atoms with Crippen LogP contribution in [0.15, 0.2) is 29.3 Å². The van der Waals surface area contributed by atoms with E-state index in [9.17, 15) is 0 Å². The molecule has 0 aliphatic carbocycles. The molecule has 1 heterocycles. The highest BCUT2D eigenvalue weighted by Gasteiger charge is 2.17. The monoisotopic (exact) mass is 207 g/mol. The summed E-state index contributed by atoms with van der Waals surface area (Å²) in [4.78, 5) is 4.56. The van der Waals surface area contributed by atoms with E-state index in [-0.39, 0.29) is 0 Å². The number of ether oxygens (including phenoxy) is 1. The quantitative estimate of drug-likeness (QED) is 0.743. The lowest BCUT2D eigenvalue weighted by Crippen LogP contribution is -1.94. The van der Waals surface area contributed by atoms with Crippen LogP contribution in [0.4, 0.5) is 0 Å². The van der Waals surface area contributed by atoms with Crippen LogP contribution in [0.3, 0.4) is 0 Å². The molecule has 74 valence electrons. The number of hydrogen-bond acceptors (Lipinski definition) is 3. The summed E-state index contributed by atoms with van der Waals surface area (Å²) < 4.78 is 5.19. The predicted molar refractivity (Wildman–Crippen MR) is 61.3 cm³/mol. The van der Waals surface area contributed by atoms with Crippen molar-refractivity contribution in [1.82, 2.24) is 0 Å². The van der Waals surface area contributed by atoms with E-state index in [0.717, 1.165) is 11.5 Å². The van der Waals surface area contributed by atoms with Gasteiger partial charge in [0.15, 0.2) is 0 Å². The predicted octanol–water partition coefficient (Wildman–Crippen LogP) is 2.90. The minimum absolute atomic E-state index is 0.315. The fourth-order valence-corrected chi connectivity index (χ4v) is 2.38. The molecule has 14 heavy (non-hydrogen) atoms. The number of aliphatic imine (C=N–C) groups is 1. The highest BCUT2D eigenvalue weighted by molar-refractivity contribution is 8.14. The average molecular weight is 207 g/mol. The molecule has 3 heteroatoms. The lowest BCUT2D eigenvalue weighted by atomic mass is 10.1. The molecular formula is C11H13NOS. The minimum Gasteiger partial charge on any atom is -0.497 e. The average Bonchev–Trinajstić information content (AvgIpc) is 2.65. The van der Waals surface area contributed by atoms with E-state index in [2.05, 4.69) is 24.0 Å². The molecule has 0 spiro atoms. The molecule has 1 aliphatic heterocycles. The van der Waals surface area contributed by atoms with Gasteiger partial charge in [-0.05, 0) is 24.6 Å². The summed E-state index contributed by atoms with van der Waals surface area (Å²) in [5.74, 6) is 1.96. The molecule has 2 nitrogen and oxygen atoms in total. The van der Waals surface area contributed by atoms with Crippen molar-refractivity contribution >= 4 is 16.8 Å². The first-order valence-corrected chi connectivity index (χ1v) is 5.59. The third kappa shape index (κ3) is 1.93. The third-order valence-corrected chi connectivity index (χ3v) is 3.27. The number of nitrogens with zero attached hydrogens (tertiary/aromatic N) is 1. The van der Waals surface area contributed by atoms with Gasteiger partial charge in [0.25, 0.3) is 0 Å². The SMILES string of the molecule is COc1cccc(C2CSC(C)=N2)c1. The molecule has 0 saturated carbocycles. The molecule has 1 atom stereocenters. The van der Waals surface area contributed by atoms with Gasteiger partial charge in [0.05, 0.1) is 18.2 Å². The molecule has 0 N–H and O–H groups in total. The van der Waals surface area contributed by atoms with Crippen molar-refractivity contribution in [2.45, 2.75) is 13.0 Å². The summed E-state index contributed by atoms with van der Waals surface area (Å²) in [6.45, 7) is 2.06. The highest BCUT2D eigenvalue weighted by atomic mass is 32.2. The van der Waals surface area contributed by atoms with Gasteiger partial charge in [-0.2, -0.15) is 0 Å². The van der Waals surface area contributed by atoms with Gasteiger partial charge in [-0.1, -0.05) is 12.1 Å². The molecule has 1 unspecified atom stereocenters. The maximum atomic E-state index is 5.19. The van der Waals surface area contributed by atoms with Crippen LogP contribution in [0.2, 0.25) is 0 Å². The van der Waals surface area contributed by atoms with E-state index >= 15 is 0 Å². The van der Waals surface area contributed by atoms with Gasteiger partial charge in [0.2, 0.25) is 0 Å². The number of thioether (sulfide) groups is 1. The molecule has 0 fully saturated rings. The van der Waals surface area contributed by atoms with Crippen LogP contribution in [0.25, 0.3) is 0 Å². The first-order valence-electron chi connectivity index (χ1n) is 4.61. The zero-order valence-corrected chi connectivity index (χ0v) is 9.17. The van der Waals surface area contributed by atoms with E-state index in [1.165, 1.54) is 10.6 Å². The Hall–Kier alpha value is -0.960. The lowest BCUT2D eigenvalue weighted by Gasteiger charge is -2.07. The molecule has 2 rings (SSSR count). The van der Waals surface area contributed by atoms with Crippen molar-refractivity contribution in [3.63, 3.8) is 0 Å². The molecular weight excluding hydrogens is 194 g/mol. The molecule has 1 aliphatic rings. The van der Waals surface area contributed by atoms with Crippen molar-refractivity contribution in [1.29, 1.82) is 0 Å². The molecule has 1 aromatic carbocycles. The van der Waals surface area contributed by atoms with E-state index in [4.69, 9.17) is 4.74 Å². The van der Waals surface area contributed by atoms with Gasteiger partial charge < -0.3 is 4.74 Å². The smallest absolute Gasteiger partial charge is 0.119 e. The van der Waals surface area contributed by atoms with Crippen LogP contribution in [0.5, 0.6) is 5.75 Å². The summed E-state index contributed by atoms with van der Waals surface area (Å²) >= 11 is 1.82. The number of hydrogen-bond donors (Lipinski definition) is 0. The van der Waals surface area contributed by atoms with Crippen molar-refractivity contribution in [3.8, 4) is 5.75 Å². The van der Waals surface area contributed by atoms with Gasteiger partial charge in [0.1, 0.15) is 5.75 Å². The first-order chi connectivity index (χ1) is 6.79. The Labute approximate surface area is 88.4 Å². The van der Waals surface area contributed by atoms with Gasteiger partial charge in [-0.3, -0.25) is 4.99 Å². The Bertz CT molecular complexity index is 362. The van der Waals surface area contributed by atoms with Crippen LogP contribution in [-0.2, 0) is 0 Å². The van der Waals surface area contributed by atoms with Crippen molar-refractivity contribution in [2.24, 2.45) is 4.99 Å². The Morgan fingerprint density at radius 2 is 2.36 bits per heavy atom. The standard InChI is InChI=1S/C11H13NOS/c1-8-12-11(7-14-8)9-4-3-5-10(6-9)13-2/h3-6,11H,7H2,1-2H3. The fourth-order valence-electron chi connectivity index (χ4n) is 1.51. The van der Waals surface area contributed by atoms with Gasteiger partial charge in [0, 0.05) is 5.75 Å². The van der Waals surface area contributed by atoms with Crippen molar-refractivity contribution in [3.05, 3.63) is 29.8 Å². The maximum absolute atomic E-state index is 5.19. The summed E-state index contributed by atoms with van der Waals surface area (Å²) in [6.07, 6.45) is 0. The molecule has 0 amide bonds. The maximum Gasteiger partial charge on any atom is 0.119 e. The minimum atomic E-state index is 0.315. The molecule has 0 aromatic heterocycles. The Morgan fingerprint density at radius 3 is 3.00 bits per heavy atom. The van der Waals surface area contributed by atoms with Crippen LogP contribution >= 0.6 is 11.8 Å². The largest absolute Gasteiger partial charge is 0.497 e. The van der Waals surface area contributed by atoms with Crippen LogP contribution in [0, 0.1) is 0 Å². The van der Waals surface area contributed by atoms with Crippen molar-refractivity contribution < 1.29 is 4.74 Å². The Balaban J connectivity index is 2.24. The molecule has 1 aromatic rings. The Morgan fingerprint density at radius 1 is 1.50 bits per heavy atom. The topological polar surface area (TPSA) is 21.6 Å². The van der Waals surface area contributed by atoms with Crippen LogP contribution in [-0.4, -0.2) is 17.9 Å². The lowest BCUT2D eigenvalue weighted by molar-refractivity contribution is 0.414. The van der Waals surface area contributed by atoms with E-state index in [1.54, 1.807) is 7.11 Å². The summed E-state index contributed by atoms with van der Waals surface area (Å²) in [5, 5.41) is 1.18. The molecule has 0 bridgehead atoms. The van der Waals surface area contributed by atoms with Gasteiger partial charge in [-0.25, -0.2) is 0 Å². The summed E-state index contributed by atoms with van der Waals surface area (Å²) in [6, 6.07) is 8.46. The molecule has 0 saturated heterocycles. The van der Waals surface area contributed by atoms with Gasteiger partial charge >= 0.3 is 0 Å². The second-order valence-electron chi connectivity index (χ2n) is 3.25. The van der Waals surface area contributed by atoms with Crippen LogP contribution < -0.4 is 4.74 Å². The van der Waals surface area contributed by atoms with E-state index in [1.807, 2.05) is 23.9 Å². The summed E-state index contributed by atoms with van der Waals surface area (Å²) in [7, 11) is 1.69. The third-order valence-electron chi connectivity index (χ3n) is 2.27. The number of rotatable bonds is 2. The molecule has 0 radical (unpaired) electrons. The fraction of sp³-hybridized carbons (Fsp3) is 0.364. The van der Waals surface area contributed by atoms with Gasteiger partial charge in [-0.15, -0.1) is 11.8 Å². The summed E-state index contributed by atoms with van der Waals surface area (Å²) in [5.41, 5.74) is 1.24. The van der Waals surface area contributed by atoms with Crippen LogP contribution in [0.1, 0.15) is 18.5 Å². The number of methoxy groups -OCH3 is 1. The highest BCUT2D eigenvalue weighted by Crippen LogP contribution is 2.31. The first kappa shape index (κ1) is 9.59. The van der Waals surface area contributed by atoms with Crippen molar-refractivity contribution in [2.75, 3.05) is 12.9 Å². The number of benzene rings is 1. The second-order valence-corrected chi connectivity index (χ2v) is 4.46. The Kier molecular flexibility index (Phi) is 2.77. The zero-order chi connectivity index (χ0) is 9.97. The van der Waals surface area contributed by atoms with E-state index in [0.29, 0.717) is 6.04 Å². The van der Waals surface area contributed by atoms with E-state index < -0.39 is 0 Å². The second kappa shape index (κ2) is 4.05.